The third-order valence-corrected chi connectivity index (χ3v) is 15.4. The van der Waals surface area contributed by atoms with E-state index >= 15 is 0 Å². The quantitative estimate of drug-likeness (QED) is 0.0481. The molecule has 0 radical (unpaired) electrons. The summed E-state index contributed by atoms with van der Waals surface area (Å²) >= 11 is 0. The van der Waals surface area contributed by atoms with Crippen molar-refractivity contribution in [1.82, 2.24) is 9.80 Å². The number of ether oxygens (including phenoxy) is 2. The first-order valence-corrected chi connectivity index (χ1v) is 29.4. The molecule has 0 aromatic rings. The summed E-state index contributed by atoms with van der Waals surface area (Å²) in [5.74, 6) is 1.04. The van der Waals surface area contributed by atoms with Gasteiger partial charge in [0.1, 0.15) is 0 Å². The van der Waals surface area contributed by atoms with Gasteiger partial charge in [-0.25, -0.2) is 0 Å². The van der Waals surface area contributed by atoms with E-state index in [2.05, 4.69) is 37.5 Å². The van der Waals surface area contributed by atoms with Crippen molar-refractivity contribution < 1.29 is 24.2 Å². The number of aliphatic hydroxyl groups is 1. The van der Waals surface area contributed by atoms with Crippen LogP contribution >= 0.6 is 0 Å². The van der Waals surface area contributed by atoms with Gasteiger partial charge in [0, 0.05) is 38.0 Å². The highest BCUT2D eigenvalue weighted by Crippen LogP contribution is 2.30. The Morgan fingerprint density at radius 3 is 1.23 bits per heavy atom. The highest BCUT2D eigenvalue weighted by molar-refractivity contribution is 5.69. The lowest BCUT2D eigenvalue weighted by Crippen LogP contribution is -2.49. The average molecular weight is 918 g/mol. The van der Waals surface area contributed by atoms with E-state index in [4.69, 9.17) is 9.47 Å². The first kappa shape index (κ1) is 59.9. The molecule has 0 aromatic carbocycles. The SMILES string of the molecule is CCCCCCCCC(CCCCCC)COC(=O)CCCCCN(CCCCCC(=O)OCC(CCCCCC)CCCCCCCC)CCN(C1CCCCC1)C1CCC(O)CC1. The molecule has 0 heterocycles. The molecule has 0 aliphatic heterocycles. The number of hydrogen-bond acceptors (Lipinski definition) is 7. The number of unbranched alkanes of at least 4 members (excludes halogenated alkanes) is 20. The van der Waals surface area contributed by atoms with Crippen LogP contribution in [0.25, 0.3) is 0 Å². The third kappa shape index (κ3) is 33.1. The summed E-state index contributed by atoms with van der Waals surface area (Å²) in [4.78, 5) is 31.5. The van der Waals surface area contributed by atoms with Gasteiger partial charge in [-0.15, -0.1) is 0 Å². The molecule has 2 fully saturated rings. The molecule has 0 spiro atoms. The van der Waals surface area contributed by atoms with Crippen LogP contribution in [0.15, 0.2) is 0 Å². The van der Waals surface area contributed by atoms with Crippen LogP contribution in [0.1, 0.15) is 291 Å². The molecule has 2 unspecified atom stereocenters. The Balaban J connectivity index is 1.86. The fourth-order valence-corrected chi connectivity index (χ4v) is 11.0. The smallest absolute Gasteiger partial charge is 0.305 e. The molecule has 2 saturated carbocycles. The molecule has 1 N–H and O–H groups in total. The van der Waals surface area contributed by atoms with Gasteiger partial charge in [-0.2, -0.15) is 0 Å². The minimum Gasteiger partial charge on any atom is -0.465 e. The standard InChI is InChI=1S/C58H112N2O5/c1-5-9-13-17-19-26-36-52(34-24-15-11-7-3)50-64-57(62)40-30-22-32-46-59(48-49-60(54-38-28-21-29-39-54)55-42-44-56(61)45-43-55)47-33-23-31-41-58(63)65-51-53(35-25-16-12-8-4)37-27-20-18-14-10-6-2/h52-56,61H,5-51H2,1-4H3. The summed E-state index contributed by atoms with van der Waals surface area (Å²) in [5.41, 5.74) is 0. The maximum Gasteiger partial charge on any atom is 0.305 e. The molecule has 0 amide bonds. The van der Waals surface area contributed by atoms with Gasteiger partial charge in [-0.1, -0.05) is 188 Å². The van der Waals surface area contributed by atoms with E-state index in [9.17, 15) is 14.7 Å². The molecule has 2 atom stereocenters. The molecular weight excluding hydrogens is 805 g/mol. The van der Waals surface area contributed by atoms with Crippen LogP contribution in [0.4, 0.5) is 0 Å². The van der Waals surface area contributed by atoms with Gasteiger partial charge >= 0.3 is 11.9 Å². The van der Waals surface area contributed by atoms with E-state index < -0.39 is 0 Å². The zero-order valence-electron chi connectivity index (χ0n) is 44.1. The lowest BCUT2D eigenvalue weighted by Gasteiger charge is -2.43. The van der Waals surface area contributed by atoms with E-state index in [1.54, 1.807) is 0 Å². The van der Waals surface area contributed by atoms with Gasteiger partial charge < -0.3 is 19.5 Å². The zero-order valence-corrected chi connectivity index (χ0v) is 44.1. The predicted octanol–water partition coefficient (Wildman–Crippen LogP) is 16.1. The Morgan fingerprint density at radius 1 is 0.431 bits per heavy atom. The molecule has 2 aliphatic carbocycles. The Bertz CT molecular complexity index is 1000. The minimum absolute atomic E-state index is 0.00269. The summed E-state index contributed by atoms with van der Waals surface area (Å²) < 4.78 is 11.9. The van der Waals surface area contributed by atoms with Gasteiger partial charge in [0.05, 0.1) is 19.3 Å². The number of rotatable bonds is 45. The summed E-state index contributed by atoms with van der Waals surface area (Å²) in [5, 5.41) is 10.3. The average Bonchev–Trinajstić information content (AvgIpc) is 3.32. The Labute approximate surface area is 404 Å². The van der Waals surface area contributed by atoms with Crippen molar-refractivity contribution in [2.75, 3.05) is 39.4 Å². The van der Waals surface area contributed by atoms with Crippen molar-refractivity contribution >= 4 is 11.9 Å². The number of carbonyl (C=O) groups excluding carboxylic acids is 2. The molecule has 65 heavy (non-hydrogen) atoms. The second-order valence-electron chi connectivity index (χ2n) is 21.4. The Morgan fingerprint density at radius 2 is 0.800 bits per heavy atom. The topological polar surface area (TPSA) is 79.3 Å². The molecule has 384 valence electrons. The molecule has 0 aromatic heterocycles. The van der Waals surface area contributed by atoms with Crippen LogP contribution in [0, 0.1) is 11.8 Å². The summed E-state index contributed by atoms with van der Waals surface area (Å²) in [6, 6.07) is 1.29. The van der Waals surface area contributed by atoms with E-state index in [1.165, 1.54) is 186 Å². The van der Waals surface area contributed by atoms with Crippen LogP contribution < -0.4 is 0 Å². The van der Waals surface area contributed by atoms with Gasteiger partial charge in [0.2, 0.25) is 0 Å². The zero-order chi connectivity index (χ0) is 46.8. The molecule has 7 nitrogen and oxygen atoms in total. The van der Waals surface area contributed by atoms with Crippen LogP contribution in [-0.2, 0) is 19.1 Å². The van der Waals surface area contributed by atoms with Gasteiger partial charge in [0.15, 0.2) is 0 Å². The largest absolute Gasteiger partial charge is 0.465 e. The predicted molar refractivity (Wildman–Crippen MR) is 278 cm³/mol. The summed E-state index contributed by atoms with van der Waals surface area (Å²) in [6.45, 7) is 14.7. The molecule has 0 saturated heterocycles. The van der Waals surface area contributed by atoms with Crippen molar-refractivity contribution in [3.63, 3.8) is 0 Å². The Kier molecular flexibility index (Phi) is 39.5. The second-order valence-corrected chi connectivity index (χ2v) is 21.4. The van der Waals surface area contributed by atoms with E-state index in [1.807, 2.05) is 0 Å². The van der Waals surface area contributed by atoms with Crippen molar-refractivity contribution in [2.45, 2.75) is 309 Å². The monoisotopic (exact) mass is 917 g/mol. The molecule has 0 bridgehead atoms. The number of aliphatic hydroxyl groups excluding tert-OH is 1. The number of esters is 2. The van der Waals surface area contributed by atoms with E-state index in [-0.39, 0.29) is 18.0 Å². The van der Waals surface area contributed by atoms with E-state index in [0.717, 1.165) is 90.4 Å². The van der Waals surface area contributed by atoms with Gasteiger partial charge in [0.25, 0.3) is 0 Å². The van der Waals surface area contributed by atoms with Crippen LogP contribution in [0.2, 0.25) is 0 Å². The normalized spacial score (nSPS) is 18.1. The minimum atomic E-state index is -0.116. The van der Waals surface area contributed by atoms with Crippen LogP contribution in [0.5, 0.6) is 0 Å². The fraction of sp³-hybridized carbons (Fsp3) is 0.966. The van der Waals surface area contributed by atoms with Gasteiger partial charge in [-0.05, 0) is 115 Å². The lowest BCUT2D eigenvalue weighted by atomic mass is 9.87. The van der Waals surface area contributed by atoms with Crippen molar-refractivity contribution in [1.29, 1.82) is 0 Å². The highest BCUT2D eigenvalue weighted by Gasteiger charge is 2.31. The fourth-order valence-electron chi connectivity index (χ4n) is 11.0. The van der Waals surface area contributed by atoms with Crippen molar-refractivity contribution in [3.8, 4) is 0 Å². The molecule has 2 aliphatic rings. The maximum atomic E-state index is 13.0. The third-order valence-electron chi connectivity index (χ3n) is 15.4. The summed E-state index contributed by atoms with van der Waals surface area (Å²) in [7, 11) is 0. The molecule has 2 rings (SSSR count). The summed E-state index contributed by atoms with van der Waals surface area (Å²) in [6.07, 6.45) is 48.8. The number of carbonyl (C=O) groups is 2. The van der Waals surface area contributed by atoms with Crippen LogP contribution in [-0.4, -0.2) is 84.4 Å². The molecular formula is C58H112N2O5. The first-order valence-electron chi connectivity index (χ1n) is 29.4. The number of hydrogen-bond donors (Lipinski definition) is 1. The van der Waals surface area contributed by atoms with Crippen molar-refractivity contribution in [2.24, 2.45) is 11.8 Å². The number of nitrogens with zero attached hydrogens (tertiary/aromatic N) is 2. The first-order chi connectivity index (χ1) is 31.9. The maximum absolute atomic E-state index is 13.0. The van der Waals surface area contributed by atoms with Crippen molar-refractivity contribution in [3.05, 3.63) is 0 Å². The second kappa shape index (κ2) is 42.9. The van der Waals surface area contributed by atoms with E-state index in [0.29, 0.717) is 50.0 Å². The highest BCUT2D eigenvalue weighted by atomic mass is 16.5. The van der Waals surface area contributed by atoms with Crippen LogP contribution in [0.3, 0.4) is 0 Å². The molecule has 7 heteroatoms. The lowest BCUT2D eigenvalue weighted by molar-refractivity contribution is -0.146. The van der Waals surface area contributed by atoms with Gasteiger partial charge in [-0.3, -0.25) is 14.5 Å². The Hall–Kier alpha value is -1.18.